The van der Waals surface area contributed by atoms with E-state index in [-0.39, 0.29) is 11.8 Å². The first-order valence-corrected chi connectivity index (χ1v) is 8.34. The van der Waals surface area contributed by atoms with Crippen LogP contribution in [0.5, 0.6) is 0 Å². The number of carbonyl (C=O) groups is 2. The average molecular weight is 343 g/mol. The van der Waals surface area contributed by atoms with Gasteiger partial charge in [0.25, 0.3) is 5.91 Å². The topological polar surface area (TPSA) is 70.2 Å². The van der Waals surface area contributed by atoms with Gasteiger partial charge >= 0.3 is 0 Å². The molecule has 1 aliphatic rings. The molecule has 0 fully saturated rings. The third kappa shape index (κ3) is 3.42. The maximum atomic E-state index is 12.4. The third-order valence-electron chi connectivity index (χ3n) is 4.20. The minimum absolute atomic E-state index is 0.0425. The largest absolute Gasteiger partial charge is 0.356 e. The van der Waals surface area contributed by atoms with Gasteiger partial charge in [-0.15, -0.1) is 0 Å². The lowest BCUT2D eigenvalue weighted by Gasteiger charge is -2.09. The molecule has 0 aromatic heterocycles. The summed E-state index contributed by atoms with van der Waals surface area (Å²) in [5.41, 5.74) is 4.82. The Morgan fingerprint density at radius 3 is 2.31 bits per heavy atom. The van der Waals surface area contributed by atoms with Gasteiger partial charge in [-0.25, -0.2) is 0 Å². The maximum Gasteiger partial charge on any atom is 0.255 e. The predicted octanol–water partition coefficient (Wildman–Crippen LogP) is 4.18. The van der Waals surface area contributed by atoms with E-state index < -0.39 is 0 Å². The van der Waals surface area contributed by atoms with Crippen molar-refractivity contribution in [2.75, 3.05) is 16.0 Å². The minimum Gasteiger partial charge on any atom is -0.356 e. The van der Waals surface area contributed by atoms with Crippen LogP contribution in [0.2, 0.25) is 0 Å². The standard InChI is InChI=1S/C21H17N3O2/c25-20-13-15-12-14(6-11-19(15)24-20)21(26)23-18-9-7-17(8-10-18)22-16-4-2-1-3-5-16/h1-12,22H,13H2,(H,23,26)(H,24,25). The fourth-order valence-corrected chi connectivity index (χ4v) is 2.90. The van der Waals surface area contributed by atoms with E-state index in [2.05, 4.69) is 16.0 Å². The van der Waals surface area contributed by atoms with Gasteiger partial charge in [-0.2, -0.15) is 0 Å². The quantitative estimate of drug-likeness (QED) is 0.666. The fourth-order valence-electron chi connectivity index (χ4n) is 2.90. The van der Waals surface area contributed by atoms with E-state index >= 15 is 0 Å². The second-order valence-electron chi connectivity index (χ2n) is 6.12. The molecule has 0 unspecified atom stereocenters. The predicted molar refractivity (Wildman–Crippen MR) is 103 cm³/mol. The number of hydrogen-bond donors (Lipinski definition) is 3. The Bertz CT molecular complexity index is 966. The Labute approximate surface area is 151 Å². The highest BCUT2D eigenvalue weighted by atomic mass is 16.2. The Kier molecular flexibility index (Phi) is 4.11. The summed E-state index contributed by atoms with van der Waals surface area (Å²) in [5, 5.41) is 8.94. The molecule has 3 aromatic carbocycles. The average Bonchev–Trinajstić information content (AvgIpc) is 3.03. The molecule has 2 amide bonds. The SMILES string of the molecule is O=C1Cc2cc(C(=O)Nc3ccc(Nc4ccccc4)cc3)ccc2N1. The second kappa shape index (κ2) is 6.72. The zero-order valence-electron chi connectivity index (χ0n) is 14.0. The van der Waals surface area contributed by atoms with Crippen LogP contribution in [0.25, 0.3) is 0 Å². The van der Waals surface area contributed by atoms with Crippen molar-refractivity contribution >= 4 is 34.6 Å². The zero-order chi connectivity index (χ0) is 17.9. The summed E-state index contributed by atoms with van der Waals surface area (Å²) in [6.07, 6.45) is 0.316. The van der Waals surface area contributed by atoms with Crippen LogP contribution in [-0.2, 0) is 11.2 Å². The molecule has 0 aliphatic carbocycles. The van der Waals surface area contributed by atoms with Crippen molar-refractivity contribution < 1.29 is 9.59 Å². The first-order chi connectivity index (χ1) is 12.7. The van der Waals surface area contributed by atoms with E-state index in [0.29, 0.717) is 17.7 Å². The van der Waals surface area contributed by atoms with Crippen LogP contribution in [0.4, 0.5) is 22.7 Å². The molecule has 0 spiro atoms. The number of benzene rings is 3. The Morgan fingerprint density at radius 2 is 1.54 bits per heavy atom. The molecule has 0 radical (unpaired) electrons. The summed E-state index contributed by atoms with van der Waals surface area (Å²) in [7, 11) is 0. The summed E-state index contributed by atoms with van der Waals surface area (Å²) in [6.45, 7) is 0. The van der Waals surface area contributed by atoms with Crippen LogP contribution >= 0.6 is 0 Å². The van der Waals surface area contributed by atoms with Crippen molar-refractivity contribution in [3.05, 3.63) is 83.9 Å². The Morgan fingerprint density at radius 1 is 0.846 bits per heavy atom. The highest BCUT2D eigenvalue weighted by Gasteiger charge is 2.19. The zero-order valence-corrected chi connectivity index (χ0v) is 14.0. The molecule has 0 saturated carbocycles. The molecule has 5 nitrogen and oxygen atoms in total. The van der Waals surface area contributed by atoms with Gasteiger partial charge in [-0.3, -0.25) is 9.59 Å². The van der Waals surface area contributed by atoms with E-state index in [9.17, 15) is 9.59 Å². The van der Waals surface area contributed by atoms with Crippen LogP contribution < -0.4 is 16.0 Å². The fraction of sp³-hybridized carbons (Fsp3) is 0.0476. The summed E-state index contributed by atoms with van der Waals surface area (Å²) < 4.78 is 0. The molecule has 1 aliphatic heterocycles. The molecule has 26 heavy (non-hydrogen) atoms. The first kappa shape index (κ1) is 15.9. The molecule has 4 rings (SSSR count). The van der Waals surface area contributed by atoms with Gasteiger partial charge in [0, 0.05) is 28.3 Å². The van der Waals surface area contributed by atoms with Crippen LogP contribution in [0.3, 0.4) is 0 Å². The minimum atomic E-state index is -0.198. The molecule has 5 heteroatoms. The Hall–Kier alpha value is -3.60. The van der Waals surface area contributed by atoms with E-state index in [1.165, 1.54) is 0 Å². The van der Waals surface area contributed by atoms with Crippen molar-refractivity contribution in [1.82, 2.24) is 0 Å². The van der Waals surface area contributed by atoms with Crippen molar-refractivity contribution in [1.29, 1.82) is 0 Å². The number of hydrogen-bond acceptors (Lipinski definition) is 3. The Balaban J connectivity index is 1.43. The number of anilines is 4. The normalized spacial score (nSPS) is 12.2. The monoisotopic (exact) mass is 343 g/mol. The van der Waals surface area contributed by atoms with Gasteiger partial charge in [-0.1, -0.05) is 18.2 Å². The van der Waals surface area contributed by atoms with Crippen LogP contribution in [0.1, 0.15) is 15.9 Å². The number of rotatable bonds is 4. The molecule has 3 aromatic rings. The van der Waals surface area contributed by atoms with Crippen LogP contribution in [0.15, 0.2) is 72.8 Å². The van der Waals surface area contributed by atoms with Crippen molar-refractivity contribution in [2.45, 2.75) is 6.42 Å². The summed E-state index contributed by atoms with van der Waals surface area (Å²) in [4.78, 5) is 23.9. The summed E-state index contributed by atoms with van der Waals surface area (Å²) in [5.74, 6) is -0.241. The van der Waals surface area contributed by atoms with Crippen LogP contribution in [0, 0.1) is 0 Å². The summed E-state index contributed by atoms with van der Waals surface area (Å²) in [6, 6.07) is 22.6. The highest BCUT2D eigenvalue weighted by molar-refractivity contribution is 6.06. The van der Waals surface area contributed by atoms with Gasteiger partial charge in [0.05, 0.1) is 6.42 Å². The molecular weight excluding hydrogens is 326 g/mol. The summed E-state index contributed by atoms with van der Waals surface area (Å²) >= 11 is 0. The van der Waals surface area contributed by atoms with Crippen molar-refractivity contribution in [3.63, 3.8) is 0 Å². The number of amides is 2. The van der Waals surface area contributed by atoms with Gasteiger partial charge in [0.1, 0.15) is 0 Å². The molecule has 128 valence electrons. The number of fused-ring (bicyclic) bond motifs is 1. The van der Waals surface area contributed by atoms with E-state index in [4.69, 9.17) is 0 Å². The van der Waals surface area contributed by atoms with Crippen molar-refractivity contribution in [3.8, 4) is 0 Å². The lowest BCUT2D eigenvalue weighted by Crippen LogP contribution is -2.12. The lowest BCUT2D eigenvalue weighted by atomic mass is 10.1. The third-order valence-corrected chi connectivity index (χ3v) is 4.20. The molecule has 0 atom stereocenters. The molecular formula is C21H17N3O2. The number of para-hydroxylation sites is 1. The molecule has 0 saturated heterocycles. The highest BCUT2D eigenvalue weighted by Crippen LogP contribution is 2.24. The van der Waals surface area contributed by atoms with Gasteiger partial charge < -0.3 is 16.0 Å². The van der Waals surface area contributed by atoms with Gasteiger partial charge in [-0.05, 0) is 60.2 Å². The van der Waals surface area contributed by atoms with Gasteiger partial charge in [0.15, 0.2) is 0 Å². The smallest absolute Gasteiger partial charge is 0.255 e. The van der Waals surface area contributed by atoms with E-state index in [1.807, 2.05) is 54.6 Å². The maximum absolute atomic E-state index is 12.4. The second-order valence-corrected chi connectivity index (χ2v) is 6.12. The van der Waals surface area contributed by atoms with Crippen molar-refractivity contribution in [2.24, 2.45) is 0 Å². The first-order valence-electron chi connectivity index (χ1n) is 8.34. The van der Waals surface area contributed by atoms with E-state index in [1.54, 1.807) is 18.2 Å². The number of nitrogens with one attached hydrogen (secondary N) is 3. The molecule has 3 N–H and O–H groups in total. The lowest BCUT2D eigenvalue weighted by molar-refractivity contribution is -0.115. The molecule has 0 bridgehead atoms. The molecule has 1 heterocycles. The van der Waals surface area contributed by atoms with Gasteiger partial charge in [0.2, 0.25) is 5.91 Å². The number of carbonyl (C=O) groups excluding carboxylic acids is 2. The van der Waals surface area contributed by atoms with Crippen LogP contribution in [-0.4, -0.2) is 11.8 Å². The van der Waals surface area contributed by atoms with E-state index in [0.717, 1.165) is 22.6 Å².